The first-order valence-corrected chi connectivity index (χ1v) is 7.34. The molecule has 2 rings (SSSR count). The lowest BCUT2D eigenvalue weighted by Crippen LogP contribution is -2.09. The number of thioether (sulfide) groups is 1. The molecule has 0 bridgehead atoms. The van der Waals surface area contributed by atoms with Gasteiger partial charge in [-0.2, -0.15) is 5.10 Å². The average Bonchev–Trinajstić information content (AvgIpc) is 2.94. The van der Waals surface area contributed by atoms with Crippen LogP contribution >= 0.6 is 11.8 Å². The first-order valence-electron chi connectivity index (χ1n) is 6.36. The molecule has 6 nitrogen and oxygen atoms in total. The van der Waals surface area contributed by atoms with Gasteiger partial charge in [-0.05, 0) is 12.0 Å². The molecule has 7 heteroatoms. The molecule has 0 aromatic carbocycles. The number of aliphatic carboxylic acids is 1. The Labute approximate surface area is 121 Å². The molecule has 0 spiro atoms. The van der Waals surface area contributed by atoms with Crippen molar-refractivity contribution in [1.82, 2.24) is 19.3 Å². The second-order valence-corrected chi connectivity index (χ2v) is 5.81. The molecule has 0 amide bonds. The van der Waals surface area contributed by atoms with Crippen LogP contribution in [0.1, 0.15) is 31.2 Å². The van der Waals surface area contributed by atoms with Crippen LogP contribution in [-0.2, 0) is 18.4 Å². The van der Waals surface area contributed by atoms with Crippen molar-refractivity contribution >= 4 is 17.7 Å². The number of rotatable bonds is 6. The summed E-state index contributed by atoms with van der Waals surface area (Å²) in [6.07, 6.45) is 3.71. The van der Waals surface area contributed by atoms with Gasteiger partial charge in [0, 0.05) is 25.1 Å². The third kappa shape index (κ3) is 3.41. The van der Waals surface area contributed by atoms with Gasteiger partial charge in [-0.3, -0.25) is 9.48 Å². The van der Waals surface area contributed by atoms with E-state index in [2.05, 4.69) is 23.9 Å². The van der Waals surface area contributed by atoms with Crippen LogP contribution in [0.15, 0.2) is 23.6 Å². The summed E-state index contributed by atoms with van der Waals surface area (Å²) >= 11 is 1.24. The Balaban J connectivity index is 2.26. The van der Waals surface area contributed by atoms with E-state index in [9.17, 15) is 4.79 Å². The van der Waals surface area contributed by atoms with Crippen molar-refractivity contribution in [3.05, 3.63) is 29.8 Å². The Morgan fingerprint density at radius 1 is 1.50 bits per heavy atom. The predicted molar refractivity (Wildman–Crippen MR) is 77.0 cm³/mol. The zero-order chi connectivity index (χ0) is 14.7. The van der Waals surface area contributed by atoms with Crippen LogP contribution in [-0.4, -0.2) is 36.2 Å². The summed E-state index contributed by atoms with van der Waals surface area (Å²) in [6, 6.07) is 1.95. The van der Waals surface area contributed by atoms with Crippen LogP contribution < -0.4 is 0 Å². The zero-order valence-electron chi connectivity index (χ0n) is 11.8. The highest BCUT2D eigenvalue weighted by atomic mass is 32.2. The number of hydrogen-bond donors (Lipinski definition) is 1. The predicted octanol–water partition coefficient (Wildman–Crippen LogP) is 1.96. The lowest BCUT2D eigenvalue weighted by molar-refractivity contribution is -0.133. The summed E-state index contributed by atoms with van der Waals surface area (Å²) in [5.74, 6) is -0.504. The monoisotopic (exact) mass is 294 g/mol. The minimum absolute atomic E-state index is 0.0107. The fourth-order valence-corrected chi connectivity index (χ4v) is 2.65. The van der Waals surface area contributed by atoms with E-state index in [0.29, 0.717) is 12.5 Å². The average molecular weight is 294 g/mol. The first kappa shape index (κ1) is 14.6. The SMILES string of the molecule is CC(C)c1cnc(SCC(=O)O)n1Cc1ccn(C)n1. The zero-order valence-corrected chi connectivity index (χ0v) is 12.6. The third-order valence-corrected chi connectivity index (χ3v) is 3.83. The van der Waals surface area contributed by atoms with E-state index in [1.54, 1.807) is 4.68 Å². The maximum absolute atomic E-state index is 10.7. The summed E-state index contributed by atoms with van der Waals surface area (Å²) in [6.45, 7) is 4.80. The lowest BCUT2D eigenvalue weighted by atomic mass is 10.1. The molecular weight excluding hydrogens is 276 g/mol. The number of carboxylic acid groups (broad SMARTS) is 1. The van der Waals surface area contributed by atoms with Gasteiger partial charge < -0.3 is 9.67 Å². The van der Waals surface area contributed by atoms with Crippen LogP contribution in [0, 0.1) is 0 Å². The van der Waals surface area contributed by atoms with Gasteiger partial charge in [0.1, 0.15) is 0 Å². The number of carboxylic acids is 1. The maximum Gasteiger partial charge on any atom is 0.313 e. The molecule has 0 fully saturated rings. The van der Waals surface area contributed by atoms with Gasteiger partial charge >= 0.3 is 5.97 Å². The van der Waals surface area contributed by atoms with Crippen molar-refractivity contribution in [2.45, 2.75) is 31.5 Å². The minimum atomic E-state index is -0.839. The smallest absolute Gasteiger partial charge is 0.313 e. The van der Waals surface area contributed by atoms with Crippen molar-refractivity contribution in [2.75, 3.05) is 5.75 Å². The van der Waals surface area contributed by atoms with Crippen LogP contribution in [0.4, 0.5) is 0 Å². The quantitative estimate of drug-likeness (QED) is 0.825. The maximum atomic E-state index is 10.7. The number of imidazole rings is 1. The number of hydrogen-bond acceptors (Lipinski definition) is 4. The highest BCUT2D eigenvalue weighted by Gasteiger charge is 2.15. The Bertz CT molecular complexity index is 603. The number of carbonyl (C=O) groups is 1. The molecule has 0 saturated heterocycles. The number of aromatic nitrogens is 4. The topological polar surface area (TPSA) is 72.9 Å². The van der Waals surface area contributed by atoms with Crippen molar-refractivity contribution in [3.8, 4) is 0 Å². The summed E-state index contributed by atoms with van der Waals surface area (Å²) in [5, 5.41) is 13.9. The molecule has 0 unspecified atom stereocenters. The highest BCUT2D eigenvalue weighted by molar-refractivity contribution is 7.99. The Hall–Kier alpha value is -1.76. The fourth-order valence-electron chi connectivity index (χ4n) is 1.94. The van der Waals surface area contributed by atoms with Crippen LogP contribution in [0.25, 0.3) is 0 Å². The van der Waals surface area contributed by atoms with Gasteiger partial charge in [-0.25, -0.2) is 4.98 Å². The second kappa shape index (κ2) is 6.13. The van der Waals surface area contributed by atoms with Gasteiger partial charge in [-0.1, -0.05) is 25.6 Å². The van der Waals surface area contributed by atoms with Crippen LogP contribution in [0.3, 0.4) is 0 Å². The molecule has 2 aromatic rings. The van der Waals surface area contributed by atoms with E-state index in [1.807, 2.05) is 30.1 Å². The second-order valence-electron chi connectivity index (χ2n) is 4.87. The Morgan fingerprint density at radius 2 is 2.25 bits per heavy atom. The Kier molecular flexibility index (Phi) is 4.49. The lowest BCUT2D eigenvalue weighted by Gasteiger charge is -2.12. The molecule has 2 aromatic heterocycles. The van der Waals surface area contributed by atoms with Gasteiger partial charge in [-0.15, -0.1) is 0 Å². The standard InChI is InChI=1S/C13H18N4O2S/c1-9(2)11-6-14-13(20-8-12(18)19)17(11)7-10-4-5-16(3)15-10/h4-6,9H,7-8H2,1-3H3,(H,18,19). The Morgan fingerprint density at radius 3 is 2.80 bits per heavy atom. The van der Waals surface area contributed by atoms with Gasteiger partial charge in [0.25, 0.3) is 0 Å². The van der Waals surface area contributed by atoms with Crippen molar-refractivity contribution in [3.63, 3.8) is 0 Å². The van der Waals surface area contributed by atoms with E-state index in [1.165, 1.54) is 11.8 Å². The van der Waals surface area contributed by atoms with E-state index in [4.69, 9.17) is 5.11 Å². The van der Waals surface area contributed by atoms with Gasteiger partial charge in [0.05, 0.1) is 18.0 Å². The molecular formula is C13H18N4O2S. The van der Waals surface area contributed by atoms with Crippen molar-refractivity contribution in [2.24, 2.45) is 7.05 Å². The molecule has 0 aliphatic rings. The summed E-state index contributed by atoms with van der Waals surface area (Å²) in [4.78, 5) is 15.1. The molecule has 0 radical (unpaired) electrons. The van der Waals surface area contributed by atoms with E-state index < -0.39 is 5.97 Å². The molecule has 0 atom stereocenters. The van der Waals surface area contributed by atoms with Crippen molar-refractivity contribution < 1.29 is 9.90 Å². The van der Waals surface area contributed by atoms with Crippen LogP contribution in [0.2, 0.25) is 0 Å². The molecule has 20 heavy (non-hydrogen) atoms. The normalized spacial score (nSPS) is 11.2. The van der Waals surface area contributed by atoms with Gasteiger partial charge in [0.15, 0.2) is 5.16 Å². The molecule has 108 valence electrons. The summed E-state index contributed by atoms with van der Waals surface area (Å²) < 4.78 is 3.80. The number of aryl methyl sites for hydroxylation is 1. The van der Waals surface area contributed by atoms with Crippen LogP contribution in [0.5, 0.6) is 0 Å². The van der Waals surface area contributed by atoms with E-state index >= 15 is 0 Å². The summed E-state index contributed by atoms with van der Waals surface area (Å²) in [5.41, 5.74) is 2.02. The van der Waals surface area contributed by atoms with E-state index in [-0.39, 0.29) is 5.75 Å². The van der Waals surface area contributed by atoms with Gasteiger partial charge in [0.2, 0.25) is 0 Å². The fraction of sp³-hybridized carbons (Fsp3) is 0.462. The van der Waals surface area contributed by atoms with Crippen molar-refractivity contribution in [1.29, 1.82) is 0 Å². The molecule has 0 saturated carbocycles. The molecule has 0 aliphatic carbocycles. The third-order valence-electron chi connectivity index (χ3n) is 2.86. The first-order chi connectivity index (χ1) is 9.47. The molecule has 1 N–H and O–H groups in total. The molecule has 0 aliphatic heterocycles. The largest absolute Gasteiger partial charge is 0.481 e. The highest BCUT2D eigenvalue weighted by Crippen LogP contribution is 2.24. The van der Waals surface area contributed by atoms with E-state index in [0.717, 1.165) is 16.5 Å². The molecule has 2 heterocycles. The minimum Gasteiger partial charge on any atom is -0.481 e. The summed E-state index contributed by atoms with van der Waals surface area (Å²) in [7, 11) is 1.88. The number of nitrogens with zero attached hydrogens (tertiary/aromatic N) is 4.